The van der Waals surface area contributed by atoms with Crippen molar-refractivity contribution >= 4 is 5.96 Å². The fourth-order valence-electron chi connectivity index (χ4n) is 3.44. The lowest BCUT2D eigenvalue weighted by Crippen LogP contribution is -2.38. The summed E-state index contributed by atoms with van der Waals surface area (Å²) in [6.07, 6.45) is 4.68. The number of hydrogen-bond donors (Lipinski definition) is 2. The van der Waals surface area contributed by atoms with E-state index in [2.05, 4.69) is 41.3 Å². The van der Waals surface area contributed by atoms with Gasteiger partial charge in [0, 0.05) is 19.1 Å². The second-order valence-electron chi connectivity index (χ2n) is 6.61. The molecule has 0 aliphatic carbocycles. The minimum atomic E-state index is 0.386. The molecule has 2 rings (SSSR count). The number of hydrogen-bond acceptors (Lipinski definition) is 3. The second-order valence-corrected chi connectivity index (χ2v) is 6.61. The Balaban J connectivity index is 2.03. The van der Waals surface area contributed by atoms with E-state index < -0.39 is 0 Å². The number of methoxy groups -OCH3 is 1. The van der Waals surface area contributed by atoms with E-state index in [1.165, 1.54) is 18.4 Å². The third kappa shape index (κ3) is 5.13. The summed E-state index contributed by atoms with van der Waals surface area (Å²) in [4.78, 5) is 7.03. The van der Waals surface area contributed by atoms with E-state index in [4.69, 9.17) is 10.5 Å². The van der Waals surface area contributed by atoms with Crippen molar-refractivity contribution in [3.63, 3.8) is 0 Å². The summed E-state index contributed by atoms with van der Waals surface area (Å²) in [7, 11) is 3.90. The van der Waals surface area contributed by atoms with Crippen LogP contribution in [0.5, 0.6) is 5.75 Å². The quantitative estimate of drug-likeness (QED) is 0.458. The maximum atomic E-state index is 6.00. The van der Waals surface area contributed by atoms with Crippen LogP contribution < -0.4 is 15.8 Å². The van der Waals surface area contributed by atoms with Crippen LogP contribution in [0.2, 0.25) is 0 Å². The van der Waals surface area contributed by atoms with Crippen LogP contribution in [0.4, 0.5) is 0 Å². The average molecular weight is 332 g/mol. The van der Waals surface area contributed by atoms with Crippen LogP contribution in [0.15, 0.2) is 29.3 Å². The zero-order chi connectivity index (χ0) is 17.4. The number of guanidine groups is 1. The molecule has 2 atom stereocenters. The van der Waals surface area contributed by atoms with Crippen LogP contribution in [-0.4, -0.2) is 44.7 Å². The lowest BCUT2D eigenvalue weighted by Gasteiger charge is -2.39. The molecule has 1 saturated heterocycles. The normalized spacial score (nSPS) is 22.4. The molecule has 1 heterocycles. The number of nitrogens with zero attached hydrogens (tertiary/aromatic N) is 2. The van der Waals surface area contributed by atoms with Gasteiger partial charge in [-0.15, -0.1) is 0 Å². The molecule has 0 radical (unpaired) electrons. The Kier molecular flexibility index (Phi) is 7.37. The molecule has 5 nitrogen and oxygen atoms in total. The molecule has 3 N–H and O–H groups in total. The number of rotatable bonds is 7. The molecular weight excluding hydrogens is 300 g/mol. The number of piperidine rings is 1. The van der Waals surface area contributed by atoms with Gasteiger partial charge < -0.3 is 15.8 Å². The summed E-state index contributed by atoms with van der Waals surface area (Å²) < 4.78 is 5.28. The van der Waals surface area contributed by atoms with Gasteiger partial charge in [-0.3, -0.25) is 9.89 Å². The first-order chi connectivity index (χ1) is 11.7. The van der Waals surface area contributed by atoms with Gasteiger partial charge >= 0.3 is 0 Å². The van der Waals surface area contributed by atoms with Gasteiger partial charge in [-0.2, -0.15) is 0 Å². The molecule has 1 aromatic rings. The van der Waals surface area contributed by atoms with Crippen molar-refractivity contribution in [1.82, 2.24) is 10.2 Å². The first-order valence-electron chi connectivity index (χ1n) is 9.03. The number of unbranched alkanes of at least 4 members (excludes halogenated alkanes) is 1. The van der Waals surface area contributed by atoms with E-state index in [1.54, 1.807) is 7.11 Å². The highest BCUT2D eigenvalue weighted by molar-refractivity contribution is 5.77. The molecule has 0 bridgehead atoms. The SMILES string of the molecule is CCCCNC(N)=NCC1CCCN(C)C1c1ccc(OC)cc1. The predicted octanol–water partition coefficient (Wildman–Crippen LogP) is 2.78. The summed E-state index contributed by atoms with van der Waals surface area (Å²) in [5.41, 5.74) is 7.33. The fraction of sp³-hybridized carbons (Fsp3) is 0.632. The maximum Gasteiger partial charge on any atom is 0.188 e. The number of ether oxygens (including phenoxy) is 1. The monoisotopic (exact) mass is 332 g/mol. The minimum absolute atomic E-state index is 0.386. The van der Waals surface area contributed by atoms with E-state index in [1.807, 2.05) is 12.1 Å². The topological polar surface area (TPSA) is 62.9 Å². The van der Waals surface area contributed by atoms with Crippen LogP contribution in [0.3, 0.4) is 0 Å². The first-order valence-corrected chi connectivity index (χ1v) is 9.03. The highest BCUT2D eigenvalue weighted by atomic mass is 16.5. The van der Waals surface area contributed by atoms with Crippen molar-refractivity contribution in [2.75, 3.05) is 33.8 Å². The molecule has 134 valence electrons. The Morgan fingerprint density at radius 1 is 1.38 bits per heavy atom. The molecule has 1 fully saturated rings. The van der Waals surface area contributed by atoms with Crippen molar-refractivity contribution in [3.05, 3.63) is 29.8 Å². The molecular formula is C19H32N4O. The van der Waals surface area contributed by atoms with E-state index in [0.717, 1.165) is 38.2 Å². The lowest BCUT2D eigenvalue weighted by molar-refractivity contribution is 0.125. The number of nitrogens with one attached hydrogen (secondary N) is 1. The Labute approximate surface area is 146 Å². The summed E-state index contributed by atoms with van der Waals surface area (Å²) >= 11 is 0. The Bertz CT molecular complexity index is 515. The third-order valence-corrected chi connectivity index (χ3v) is 4.80. The van der Waals surface area contributed by atoms with E-state index >= 15 is 0 Å². The number of nitrogens with two attached hydrogens (primary N) is 1. The fourth-order valence-corrected chi connectivity index (χ4v) is 3.44. The van der Waals surface area contributed by atoms with Crippen LogP contribution in [-0.2, 0) is 0 Å². The summed E-state index contributed by atoms with van der Waals surface area (Å²) in [6, 6.07) is 8.81. The number of aliphatic imine (C=N–C) groups is 1. The molecule has 2 unspecified atom stereocenters. The minimum Gasteiger partial charge on any atom is -0.497 e. The van der Waals surface area contributed by atoms with Crippen LogP contribution in [0, 0.1) is 5.92 Å². The lowest BCUT2D eigenvalue weighted by atomic mass is 9.85. The molecule has 0 saturated carbocycles. The first kappa shape index (κ1) is 18.6. The van der Waals surface area contributed by atoms with Gasteiger partial charge in [0.1, 0.15) is 5.75 Å². The molecule has 24 heavy (non-hydrogen) atoms. The molecule has 0 aromatic heterocycles. The maximum absolute atomic E-state index is 6.00. The highest BCUT2D eigenvalue weighted by Gasteiger charge is 2.30. The summed E-state index contributed by atoms with van der Waals surface area (Å²) in [6.45, 7) is 4.97. The second kappa shape index (κ2) is 9.52. The van der Waals surface area contributed by atoms with Crippen LogP contribution in [0.25, 0.3) is 0 Å². The van der Waals surface area contributed by atoms with Crippen LogP contribution in [0.1, 0.15) is 44.2 Å². The van der Waals surface area contributed by atoms with Gasteiger partial charge in [-0.1, -0.05) is 25.5 Å². The largest absolute Gasteiger partial charge is 0.497 e. The van der Waals surface area contributed by atoms with Crippen molar-refractivity contribution in [3.8, 4) is 5.75 Å². The average Bonchev–Trinajstić information content (AvgIpc) is 2.60. The van der Waals surface area contributed by atoms with Gasteiger partial charge in [0.05, 0.1) is 7.11 Å². The van der Waals surface area contributed by atoms with Crippen molar-refractivity contribution < 1.29 is 4.74 Å². The van der Waals surface area contributed by atoms with Gasteiger partial charge in [0.15, 0.2) is 5.96 Å². The van der Waals surface area contributed by atoms with Gasteiger partial charge in [0.25, 0.3) is 0 Å². The third-order valence-electron chi connectivity index (χ3n) is 4.80. The van der Waals surface area contributed by atoms with Crippen molar-refractivity contribution in [2.45, 2.75) is 38.6 Å². The molecule has 1 aliphatic rings. The zero-order valence-electron chi connectivity index (χ0n) is 15.3. The van der Waals surface area contributed by atoms with Gasteiger partial charge in [0.2, 0.25) is 0 Å². The standard InChI is InChI=1S/C19H32N4O/c1-4-5-12-21-19(20)22-14-16-7-6-13-23(2)18(16)15-8-10-17(24-3)11-9-15/h8-11,16,18H,4-7,12-14H2,1-3H3,(H3,20,21,22). The van der Waals surface area contributed by atoms with Crippen molar-refractivity contribution in [1.29, 1.82) is 0 Å². The smallest absolute Gasteiger partial charge is 0.188 e. The summed E-state index contributed by atoms with van der Waals surface area (Å²) in [5.74, 6) is 1.96. The van der Waals surface area contributed by atoms with Crippen LogP contribution >= 0.6 is 0 Å². The molecule has 0 amide bonds. The molecule has 0 spiro atoms. The number of benzene rings is 1. The molecule has 1 aromatic carbocycles. The van der Waals surface area contributed by atoms with E-state index in [9.17, 15) is 0 Å². The van der Waals surface area contributed by atoms with E-state index in [0.29, 0.717) is 17.9 Å². The summed E-state index contributed by atoms with van der Waals surface area (Å²) in [5, 5.41) is 3.20. The Morgan fingerprint density at radius 3 is 2.79 bits per heavy atom. The predicted molar refractivity (Wildman–Crippen MR) is 100 cm³/mol. The van der Waals surface area contributed by atoms with Crippen molar-refractivity contribution in [2.24, 2.45) is 16.6 Å². The zero-order valence-corrected chi connectivity index (χ0v) is 15.3. The Morgan fingerprint density at radius 2 is 2.12 bits per heavy atom. The van der Waals surface area contributed by atoms with Gasteiger partial charge in [-0.05, 0) is 56.5 Å². The Hall–Kier alpha value is -1.75. The van der Waals surface area contributed by atoms with E-state index in [-0.39, 0.29) is 0 Å². The number of likely N-dealkylation sites (tertiary alicyclic amines) is 1. The highest BCUT2D eigenvalue weighted by Crippen LogP contribution is 2.35. The molecule has 1 aliphatic heterocycles. The molecule has 5 heteroatoms. The van der Waals surface area contributed by atoms with Gasteiger partial charge in [-0.25, -0.2) is 0 Å².